The Morgan fingerprint density at radius 1 is 1.06 bits per heavy atom. The number of fused-ring (bicyclic) bond motifs is 1. The van der Waals surface area contributed by atoms with Crippen molar-refractivity contribution in [1.82, 2.24) is 9.55 Å². The molecule has 0 aliphatic rings. The van der Waals surface area contributed by atoms with Crippen molar-refractivity contribution in [1.29, 1.82) is 0 Å². The van der Waals surface area contributed by atoms with E-state index in [-0.39, 0.29) is 41.5 Å². The van der Waals surface area contributed by atoms with E-state index >= 15 is 0 Å². The van der Waals surface area contributed by atoms with Crippen molar-refractivity contribution in [2.75, 3.05) is 26.4 Å². The first-order chi connectivity index (χ1) is 15.2. The number of hydrogen-bond acceptors (Lipinski definition) is 7. The topological polar surface area (TPSA) is 114 Å². The zero-order valence-electron chi connectivity index (χ0n) is 17.0. The van der Waals surface area contributed by atoms with Crippen molar-refractivity contribution in [3.05, 3.63) is 61.4 Å². The van der Waals surface area contributed by atoms with Crippen LogP contribution in [0.4, 0.5) is 0 Å². The van der Waals surface area contributed by atoms with Gasteiger partial charge in [-0.05, 0) is 19.1 Å². The highest BCUT2D eigenvalue weighted by Crippen LogP contribution is 2.35. The van der Waals surface area contributed by atoms with Crippen molar-refractivity contribution in [3.8, 4) is 11.6 Å². The lowest BCUT2D eigenvalue weighted by Gasteiger charge is -2.20. The van der Waals surface area contributed by atoms with Gasteiger partial charge < -0.3 is 29.4 Å². The molecule has 8 nitrogen and oxygen atoms in total. The van der Waals surface area contributed by atoms with Gasteiger partial charge in [0.1, 0.15) is 24.2 Å². The lowest BCUT2D eigenvalue weighted by Crippen LogP contribution is -2.27. The molecule has 2 atom stereocenters. The third kappa shape index (κ3) is 5.35. The van der Waals surface area contributed by atoms with Crippen LogP contribution in [0.2, 0.25) is 15.1 Å². The number of aromatic nitrogens is 2. The Bertz CT molecular complexity index is 1150. The van der Waals surface area contributed by atoms with Crippen LogP contribution in [0.15, 0.2) is 35.3 Å². The molecule has 1 aromatic carbocycles. The molecule has 3 rings (SSSR count). The Morgan fingerprint density at radius 3 is 2.38 bits per heavy atom. The van der Waals surface area contributed by atoms with Crippen molar-refractivity contribution >= 4 is 45.7 Å². The van der Waals surface area contributed by atoms with E-state index < -0.39 is 18.8 Å². The second-order valence-corrected chi connectivity index (χ2v) is 8.25. The van der Waals surface area contributed by atoms with Crippen LogP contribution in [0.25, 0.3) is 16.6 Å². The van der Waals surface area contributed by atoms with Crippen molar-refractivity contribution < 1.29 is 24.8 Å². The molecule has 2 unspecified atom stereocenters. The van der Waals surface area contributed by atoms with Gasteiger partial charge in [-0.1, -0.05) is 40.9 Å². The highest BCUT2D eigenvalue weighted by molar-refractivity contribution is 6.38. The first-order valence-electron chi connectivity index (χ1n) is 9.57. The van der Waals surface area contributed by atoms with Gasteiger partial charge >= 0.3 is 0 Å². The van der Waals surface area contributed by atoms with Crippen LogP contribution in [0.3, 0.4) is 0 Å². The van der Waals surface area contributed by atoms with Crippen molar-refractivity contribution in [2.45, 2.75) is 19.1 Å². The predicted molar refractivity (Wildman–Crippen MR) is 123 cm³/mol. The smallest absolute Gasteiger partial charge is 0.227 e. The molecule has 32 heavy (non-hydrogen) atoms. The summed E-state index contributed by atoms with van der Waals surface area (Å²) in [5.41, 5.74) is 0.938. The van der Waals surface area contributed by atoms with Crippen LogP contribution in [-0.4, -0.2) is 63.5 Å². The number of aliphatic hydroxyl groups is 3. The Labute approximate surface area is 198 Å². The molecule has 2 heterocycles. The molecule has 0 saturated carbocycles. The summed E-state index contributed by atoms with van der Waals surface area (Å²) in [5.74, 6) is -0.0271. The number of pyridine rings is 2. The molecule has 2 aromatic heterocycles. The number of benzene rings is 1. The van der Waals surface area contributed by atoms with E-state index in [0.717, 1.165) is 0 Å². The molecular weight excluding hydrogens is 483 g/mol. The van der Waals surface area contributed by atoms with Crippen LogP contribution in [-0.2, 0) is 4.74 Å². The lowest BCUT2D eigenvalue weighted by atomic mass is 10.2. The van der Waals surface area contributed by atoms with Gasteiger partial charge in [-0.25, -0.2) is 4.98 Å². The molecule has 0 saturated heterocycles. The monoisotopic (exact) mass is 502 g/mol. The molecule has 0 spiro atoms. The molecule has 0 aliphatic carbocycles. The molecule has 0 aliphatic heterocycles. The third-order valence-corrected chi connectivity index (χ3v) is 5.43. The van der Waals surface area contributed by atoms with E-state index in [1.54, 1.807) is 29.7 Å². The molecule has 0 bridgehead atoms. The quantitative estimate of drug-likeness (QED) is 0.411. The highest BCUT2D eigenvalue weighted by Gasteiger charge is 2.20. The van der Waals surface area contributed by atoms with Crippen LogP contribution in [0.1, 0.15) is 5.69 Å². The summed E-state index contributed by atoms with van der Waals surface area (Å²) in [6.45, 7) is 0.743. The lowest BCUT2D eigenvalue weighted by molar-refractivity contribution is -0.0339. The predicted octanol–water partition coefficient (Wildman–Crippen LogP) is 2.76. The maximum absolute atomic E-state index is 12.9. The van der Waals surface area contributed by atoms with Gasteiger partial charge in [0.15, 0.2) is 5.43 Å². The van der Waals surface area contributed by atoms with E-state index in [1.165, 1.54) is 12.3 Å². The molecule has 3 N–H and O–H groups in total. The van der Waals surface area contributed by atoms with Gasteiger partial charge in [-0.2, -0.15) is 0 Å². The number of nitrogens with zero attached hydrogens (tertiary/aromatic N) is 2. The number of halogens is 3. The van der Waals surface area contributed by atoms with Crippen LogP contribution in [0, 0.1) is 6.92 Å². The van der Waals surface area contributed by atoms with Crippen molar-refractivity contribution in [2.24, 2.45) is 0 Å². The first-order valence-corrected chi connectivity index (χ1v) is 10.7. The van der Waals surface area contributed by atoms with Gasteiger partial charge in [-0.15, -0.1) is 0 Å². The minimum Gasteiger partial charge on any atom is -0.474 e. The number of aliphatic hydroxyl groups excluding tert-OH is 3. The Balaban J connectivity index is 1.99. The maximum Gasteiger partial charge on any atom is 0.227 e. The van der Waals surface area contributed by atoms with E-state index in [4.69, 9.17) is 49.4 Å². The number of rotatable bonds is 9. The molecule has 3 aromatic rings. The molecule has 172 valence electrons. The van der Waals surface area contributed by atoms with Crippen LogP contribution in [0.5, 0.6) is 5.88 Å². The largest absolute Gasteiger partial charge is 0.474 e. The highest BCUT2D eigenvalue weighted by atomic mass is 35.5. The zero-order chi connectivity index (χ0) is 23.4. The number of ether oxygens (including phenoxy) is 2. The fourth-order valence-electron chi connectivity index (χ4n) is 3.12. The fourth-order valence-corrected chi connectivity index (χ4v) is 3.92. The van der Waals surface area contributed by atoms with Gasteiger partial charge in [-0.3, -0.25) is 4.79 Å². The minimum atomic E-state index is -1.07. The molecule has 0 amide bonds. The third-order valence-electron chi connectivity index (χ3n) is 4.54. The molecule has 11 heteroatoms. The van der Waals surface area contributed by atoms with Gasteiger partial charge in [0.25, 0.3) is 0 Å². The SMILES string of the molecule is Cc1cc(=O)c2c(OCC(O)COCC(O)CO)ncc(Cl)c2n1-c1c(Cl)cccc1Cl. The molecular formula is C21H21Cl3N2O6. The second-order valence-electron chi connectivity index (χ2n) is 7.03. The fraction of sp³-hybridized carbons (Fsp3) is 0.333. The summed E-state index contributed by atoms with van der Waals surface area (Å²) in [6.07, 6.45) is -0.776. The minimum absolute atomic E-state index is 0.0271. The summed E-state index contributed by atoms with van der Waals surface area (Å²) in [5, 5.41) is 29.1. The average Bonchev–Trinajstić information content (AvgIpc) is 2.74. The van der Waals surface area contributed by atoms with Crippen molar-refractivity contribution in [3.63, 3.8) is 0 Å². The van der Waals surface area contributed by atoms with Gasteiger partial charge in [0.05, 0.1) is 52.3 Å². The zero-order valence-corrected chi connectivity index (χ0v) is 19.2. The van der Waals surface area contributed by atoms with Gasteiger partial charge in [0, 0.05) is 11.8 Å². The average molecular weight is 504 g/mol. The molecule has 0 radical (unpaired) electrons. The molecule has 0 fully saturated rings. The number of hydrogen-bond donors (Lipinski definition) is 3. The Morgan fingerprint density at radius 2 is 1.72 bits per heavy atom. The Hall–Kier alpha value is -1.91. The van der Waals surface area contributed by atoms with Gasteiger partial charge in [0.2, 0.25) is 5.88 Å². The standard InChI is InChI=1S/C21H21Cl3N2O6/c1-11-5-17(30)18-20(26(11)19-14(22)3-2-4-15(19)23)16(24)6-25-21(18)32-10-13(29)9-31-8-12(28)7-27/h2-6,12-13,27-29H,7-10H2,1H3. The number of aryl methyl sites for hydroxylation is 1. The van der Waals surface area contributed by atoms with Crippen LogP contribution >= 0.6 is 34.8 Å². The first kappa shape index (κ1) is 24.7. The van der Waals surface area contributed by atoms with E-state index in [1.807, 2.05) is 0 Å². The second kappa shape index (κ2) is 10.8. The summed E-state index contributed by atoms with van der Waals surface area (Å²) in [7, 11) is 0. The van der Waals surface area contributed by atoms with E-state index in [9.17, 15) is 15.0 Å². The summed E-state index contributed by atoms with van der Waals surface area (Å²) >= 11 is 19.2. The summed E-state index contributed by atoms with van der Waals surface area (Å²) < 4.78 is 12.4. The number of para-hydroxylation sites is 1. The Kier molecular flexibility index (Phi) is 8.35. The maximum atomic E-state index is 12.9. The summed E-state index contributed by atoms with van der Waals surface area (Å²) in [4.78, 5) is 17.0. The van der Waals surface area contributed by atoms with E-state index in [2.05, 4.69) is 4.98 Å². The summed E-state index contributed by atoms with van der Waals surface area (Å²) in [6, 6.07) is 6.43. The van der Waals surface area contributed by atoms with Crippen LogP contribution < -0.4 is 10.2 Å². The normalized spacial score (nSPS) is 13.3. The van der Waals surface area contributed by atoms with E-state index in [0.29, 0.717) is 26.9 Å².